The Kier molecular flexibility index (Phi) is 3.26. The van der Waals surface area contributed by atoms with E-state index in [0.717, 1.165) is 3.57 Å². The number of hydrogen-bond acceptors (Lipinski definition) is 3. The second-order valence-corrected chi connectivity index (χ2v) is 4.73. The van der Waals surface area contributed by atoms with Crippen molar-refractivity contribution in [2.75, 3.05) is 5.73 Å². The maximum atomic E-state index is 12.1. The van der Waals surface area contributed by atoms with E-state index < -0.39 is 6.36 Å². The lowest BCUT2D eigenvalue weighted by molar-refractivity contribution is -0.274. The predicted octanol–water partition coefficient (Wildman–Crippen LogP) is 3.63. The van der Waals surface area contributed by atoms with Gasteiger partial charge in [-0.2, -0.15) is 0 Å². The van der Waals surface area contributed by atoms with Crippen LogP contribution in [0.15, 0.2) is 18.2 Å². The third kappa shape index (κ3) is 2.60. The summed E-state index contributed by atoms with van der Waals surface area (Å²) >= 11 is 2.05. The van der Waals surface area contributed by atoms with E-state index in [-0.39, 0.29) is 5.75 Å². The van der Waals surface area contributed by atoms with E-state index in [1.807, 2.05) is 22.6 Å². The first-order valence-corrected chi connectivity index (χ1v) is 5.97. The number of nitrogens with zero attached hydrogens (tertiary/aromatic N) is 1. The summed E-state index contributed by atoms with van der Waals surface area (Å²) in [7, 11) is 0. The van der Waals surface area contributed by atoms with Crippen molar-refractivity contribution in [1.82, 2.24) is 4.98 Å². The first-order valence-electron chi connectivity index (χ1n) is 4.89. The monoisotopic (exact) mass is 368 g/mol. The molecule has 0 fully saturated rings. The van der Waals surface area contributed by atoms with Gasteiger partial charge in [-0.25, -0.2) is 0 Å². The molecule has 18 heavy (non-hydrogen) atoms. The molecule has 0 aliphatic rings. The number of fused-ring (bicyclic) bond motifs is 1. The number of nitrogens with two attached hydrogens (primary N) is 1. The van der Waals surface area contributed by atoms with Crippen molar-refractivity contribution in [3.63, 3.8) is 0 Å². The summed E-state index contributed by atoms with van der Waals surface area (Å²) in [4.78, 5) is 4.19. The maximum Gasteiger partial charge on any atom is 0.573 e. The van der Waals surface area contributed by atoms with E-state index in [0.29, 0.717) is 22.3 Å². The lowest BCUT2D eigenvalue weighted by Crippen LogP contribution is -2.17. The molecule has 0 spiro atoms. The number of benzene rings is 1. The molecule has 2 rings (SSSR count). The molecule has 0 atom stereocenters. The molecule has 0 amide bonds. The van der Waals surface area contributed by atoms with Crippen molar-refractivity contribution in [2.24, 2.45) is 0 Å². The van der Waals surface area contributed by atoms with Gasteiger partial charge < -0.3 is 10.5 Å². The number of hydrogen-bond donors (Lipinski definition) is 1. The largest absolute Gasteiger partial charge is 0.573 e. The minimum absolute atomic E-state index is 0.303. The highest BCUT2D eigenvalue weighted by atomic mass is 127. The summed E-state index contributed by atoms with van der Waals surface area (Å²) in [6.07, 6.45) is -4.71. The van der Waals surface area contributed by atoms with Crippen molar-refractivity contribution in [3.8, 4) is 5.75 Å². The molecule has 0 aliphatic carbocycles. The highest BCUT2D eigenvalue weighted by molar-refractivity contribution is 14.1. The average Bonchev–Trinajstić information content (AvgIpc) is 2.23. The molecule has 1 heterocycles. The van der Waals surface area contributed by atoms with Crippen LogP contribution in [0.1, 0.15) is 5.69 Å². The van der Waals surface area contributed by atoms with Crippen molar-refractivity contribution in [2.45, 2.75) is 13.3 Å². The fourth-order valence-corrected chi connectivity index (χ4v) is 1.98. The summed E-state index contributed by atoms with van der Waals surface area (Å²) in [5, 5.41) is 0.611. The van der Waals surface area contributed by atoms with Gasteiger partial charge in [-0.05, 0) is 41.6 Å². The van der Waals surface area contributed by atoms with Gasteiger partial charge in [-0.1, -0.05) is 0 Å². The number of aryl methyl sites for hydroxylation is 1. The zero-order valence-electron chi connectivity index (χ0n) is 9.18. The van der Waals surface area contributed by atoms with Crippen LogP contribution in [0.4, 0.5) is 18.9 Å². The number of halogens is 4. The van der Waals surface area contributed by atoms with Crippen LogP contribution in [0.25, 0.3) is 10.9 Å². The summed E-state index contributed by atoms with van der Waals surface area (Å²) in [5.41, 5.74) is 7.45. The van der Waals surface area contributed by atoms with Gasteiger partial charge in [-0.3, -0.25) is 4.98 Å². The van der Waals surface area contributed by atoms with Gasteiger partial charge in [0, 0.05) is 11.5 Å². The molecule has 1 aromatic heterocycles. The first-order chi connectivity index (χ1) is 8.28. The van der Waals surface area contributed by atoms with Gasteiger partial charge in [0.25, 0.3) is 0 Å². The minimum atomic E-state index is -4.71. The van der Waals surface area contributed by atoms with Crippen molar-refractivity contribution >= 4 is 39.2 Å². The maximum absolute atomic E-state index is 12.1. The summed E-state index contributed by atoms with van der Waals surface area (Å²) in [6, 6.07) is 3.92. The Bertz CT molecular complexity index is 613. The molecule has 0 aliphatic heterocycles. The third-order valence-electron chi connectivity index (χ3n) is 2.34. The molecular formula is C11H8F3IN2O. The highest BCUT2D eigenvalue weighted by Gasteiger charge is 2.31. The molecular weight excluding hydrogens is 360 g/mol. The van der Waals surface area contributed by atoms with E-state index in [2.05, 4.69) is 9.72 Å². The highest BCUT2D eigenvalue weighted by Crippen LogP contribution is 2.31. The van der Waals surface area contributed by atoms with Crippen LogP contribution in [-0.2, 0) is 0 Å². The van der Waals surface area contributed by atoms with Crippen molar-refractivity contribution in [3.05, 3.63) is 27.5 Å². The molecule has 2 N–H and O–H groups in total. The number of aromatic nitrogens is 1. The Hall–Kier alpha value is -1.25. The number of anilines is 1. The zero-order chi connectivity index (χ0) is 13.5. The fraction of sp³-hybridized carbons (Fsp3) is 0.182. The number of pyridine rings is 1. The Morgan fingerprint density at radius 1 is 1.33 bits per heavy atom. The molecule has 0 unspecified atom stereocenters. The number of ether oxygens (including phenoxy) is 1. The van der Waals surface area contributed by atoms with Crippen molar-refractivity contribution in [1.29, 1.82) is 0 Å². The topological polar surface area (TPSA) is 48.1 Å². The lowest BCUT2D eigenvalue weighted by atomic mass is 10.1. The van der Waals surface area contributed by atoms with Crippen LogP contribution in [-0.4, -0.2) is 11.3 Å². The molecule has 7 heteroatoms. The van der Waals surface area contributed by atoms with Gasteiger partial charge in [0.05, 0.1) is 20.5 Å². The lowest BCUT2D eigenvalue weighted by Gasteiger charge is -2.11. The van der Waals surface area contributed by atoms with Crippen molar-refractivity contribution < 1.29 is 17.9 Å². The molecule has 0 saturated carbocycles. The number of alkyl halides is 3. The van der Waals surface area contributed by atoms with Crippen LogP contribution in [0.5, 0.6) is 5.75 Å². The van der Waals surface area contributed by atoms with Gasteiger partial charge in [0.15, 0.2) is 0 Å². The zero-order valence-corrected chi connectivity index (χ0v) is 11.3. The van der Waals surface area contributed by atoms with E-state index in [9.17, 15) is 13.2 Å². The second kappa shape index (κ2) is 4.45. The van der Waals surface area contributed by atoms with Crippen LogP contribution < -0.4 is 10.5 Å². The summed E-state index contributed by atoms with van der Waals surface area (Å²) in [6.45, 7) is 1.74. The van der Waals surface area contributed by atoms with Gasteiger partial charge in [-0.15, -0.1) is 13.2 Å². The molecule has 0 bridgehead atoms. The average molecular weight is 368 g/mol. The van der Waals surface area contributed by atoms with Crippen LogP contribution >= 0.6 is 22.6 Å². The molecule has 0 radical (unpaired) electrons. The summed E-state index contributed by atoms with van der Waals surface area (Å²) in [5.74, 6) is -0.303. The Labute approximate surface area is 114 Å². The van der Waals surface area contributed by atoms with E-state index in [1.165, 1.54) is 18.2 Å². The van der Waals surface area contributed by atoms with Crippen LogP contribution in [0.2, 0.25) is 0 Å². The molecule has 2 aromatic rings. The van der Waals surface area contributed by atoms with E-state index >= 15 is 0 Å². The smallest absolute Gasteiger partial charge is 0.406 e. The Morgan fingerprint density at radius 3 is 2.61 bits per heavy atom. The number of rotatable bonds is 1. The van der Waals surface area contributed by atoms with E-state index in [4.69, 9.17) is 5.73 Å². The molecule has 1 aromatic carbocycles. The Morgan fingerprint density at radius 2 is 2.00 bits per heavy atom. The SMILES string of the molecule is Cc1nc2cc(OC(F)(F)F)ccc2c(N)c1I. The minimum Gasteiger partial charge on any atom is -0.406 e. The third-order valence-corrected chi connectivity index (χ3v) is 3.70. The van der Waals surface area contributed by atoms with Gasteiger partial charge in [0.2, 0.25) is 0 Å². The fourth-order valence-electron chi connectivity index (χ4n) is 1.57. The first kappa shape index (κ1) is 13.2. The normalized spacial score (nSPS) is 11.8. The van der Waals surface area contributed by atoms with Gasteiger partial charge >= 0.3 is 6.36 Å². The molecule has 96 valence electrons. The van der Waals surface area contributed by atoms with Crippen LogP contribution in [0.3, 0.4) is 0 Å². The molecule has 0 saturated heterocycles. The second-order valence-electron chi connectivity index (χ2n) is 3.65. The molecule has 3 nitrogen and oxygen atoms in total. The van der Waals surface area contributed by atoms with Gasteiger partial charge in [0.1, 0.15) is 5.75 Å². The Balaban J connectivity index is 2.56. The quantitative estimate of drug-likeness (QED) is 0.783. The predicted molar refractivity (Wildman–Crippen MR) is 70.3 cm³/mol. The standard InChI is InChI=1S/C11H8F3IN2O/c1-5-9(15)10(16)7-3-2-6(4-8(7)17-5)18-11(12,13)14/h2-4H,1H3,(H2,16,17). The van der Waals surface area contributed by atoms with E-state index in [1.54, 1.807) is 6.92 Å². The van der Waals surface area contributed by atoms with Crippen LogP contribution in [0, 0.1) is 10.5 Å². The number of nitrogen functional groups attached to an aromatic ring is 1. The summed E-state index contributed by atoms with van der Waals surface area (Å²) < 4.78 is 40.9.